The van der Waals surface area contributed by atoms with Crippen LogP contribution in [-0.2, 0) is 11.2 Å². The van der Waals surface area contributed by atoms with E-state index in [9.17, 15) is 18.8 Å². The van der Waals surface area contributed by atoms with E-state index in [4.69, 9.17) is 0 Å². The molecule has 3 aromatic rings. The van der Waals surface area contributed by atoms with Crippen LogP contribution in [0.3, 0.4) is 0 Å². The maximum absolute atomic E-state index is 14.3. The van der Waals surface area contributed by atoms with E-state index in [1.54, 1.807) is 37.3 Å². The number of halogens is 1. The number of ketones is 2. The number of nitrogens with one attached hydrogen (secondary N) is 2. The summed E-state index contributed by atoms with van der Waals surface area (Å²) in [5.74, 6) is -1.75. The first-order valence-corrected chi connectivity index (χ1v) is 10.2. The highest BCUT2D eigenvalue weighted by Crippen LogP contribution is 2.21. The van der Waals surface area contributed by atoms with Gasteiger partial charge in [-0.05, 0) is 30.2 Å². The highest BCUT2D eigenvalue weighted by atomic mass is 19.1. The number of aryl methyl sites for hydroxylation is 1. The van der Waals surface area contributed by atoms with Crippen molar-refractivity contribution in [3.8, 4) is 0 Å². The first kappa shape index (κ1) is 21.2. The lowest BCUT2D eigenvalue weighted by Gasteiger charge is -2.23. The molecule has 32 heavy (non-hydrogen) atoms. The Hall–Kier alpha value is -4.06. The van der Waals surface area contributed by atoms with Gasteiger partial charge in [-0.3, -0.25) is 14.4 Å². The van der Waals surface area contributed by atoms with Gasteiger partial charge in [-0.1, -0.05) is 60.7 Å². The Balaban J connectivity index is 1.62. The first-order valence-electron chi connectivity index (χ1n) is 10.2. The molecular weight excluding hydrogens is 407 g/mol. The minimum atomic E-state index is -0.911. The van der Waals surface area contributed by atoms with Crippen LogP contribution in [0.4, 0.5) is 10.1 Å². The lowest BCUT2D eigenvalue weighted by atomic mass is 9.92. The van der Waals surface area contributed by atoms with E-state index in [1.165, 1.54) is 18.2 Å². The number of hydrogen-bond donors (Lipinski definition) is 2. The van der Waals surface area contributed by atoms with E-state index >= 15 is 0 Å². The summed E-state index contributed by atoms with van der Waals surface area (Å²) >= 11 is 0. The zero-order valence-electron chi connectivity index (χ0n) is 17.4. The molecule has 0 aromatic heterocycles. The van der Waals surface area contributed by atoms with Crippen LogP contribution in [0.2, 0.25) is 0 Å². The molecule has 2 N–H and O–H groups in total. The Morgan fingerprint density at radius 2 is 1.62 bits per heavy atom. The van der Waals surface area contributed by atoms with Crippen LogP contribution in [0.15, 0.2) is 84.6 Å². The number of hydrogen-bond acceptors (Lipinski definition) is 4. The summed E-state index contributed by atoms with van der Waals surface area (Å²) in [4.78, 5) is 38.5. The first-order chi connectivity index (χ1) is 15.4. The van der Waals surface area contributed by atoms with Gasteiger partial charge in [0.05, 0.1) is 11.4 Å². The third-order valence-electron chi connectivity index (χ3n) is 5.27. The van der Waals surface area contributed by atoms with Gasteiger partial charge in [0.15, 0.2) is 5.78 Å². The molecule has 0 saturated heterocycles. The number of rotatable bonds is 6. The zero-order valence-corrected chi connectivity index (χ0v) is 17.4. The van der Waals surface area contributed by atoms with Gasteiger partial charge in [0.1, 0.15) is 11.9 Å². The normalized spacial score (nSPS) is 13.8. The highest BCUT2D eigenvalue weighted by molar-refractivity contribution is 6.24. The molecule has 0 bridgehead atoms. The van der Waals surface area contributed by atoms with Crippen LogP contribution in [0.5, 0.6) is 0 Å². The SMILES string of the molecule is Cc1ccc(NC(=O)[C@@H](Cc2ccccc2)NC2=CC(=O)c3ccccc3C2=O)c(F)c1. The summed E-state index contributed by atoms with van der Waals surface area (Å²) in [6.07, 6.45) is 1.45. The monoisotopic (exact) mass is 428 g/mol. The van der Waals surface area contributed by atoms with Crippen LogP contribution in [0, 0.1) is 12.7 Å². The Kier molecular flexibility index (Phi) is 5.94. The fourth-order valence-corrected chi connectivity index (χ4v) is 3.61. The van der Waals surface area contributed by atoms with Gasteiger partial charge >= 0.3 is 0 Å². The predicted octanol–water partition coefficient (Wildman–Crippen LogP) is 4.24. The predicted molar refractivity (Wildman–Crippen MR) is 120 cm³/mol. The molecule has 1 aliphatic carbocycles. The third kappa shape index (κ3) is 4.49. The smallest absolute Gasteiger partial charge is 0.247 e. The molecule has 0 fully saturated rings. The summed E-state index contributed by atoms with van der Waals surface area (Å²) < 4.78 is 14.3. The lowest BCUT2D eigenvalue weighted by Crippen LogP contribution is -2.44. The van der Waals surface area contributed by atoms with Crippen LogP contribution in [0.25, 0.3) is 0 Å². The van der Waals surface area contributed by atoms with E-state index in [0.717, 1.165) is 11.1 Å². The molecule has 0 aliphatic heterocycles. The lowest BCUT2D eigenvalue weighted by molar-refractivity contribution is -0.118. The molecule has 1 amide bonds. The van der Waals surface area contributed by atoms with E-state index < -0.39 is 17.8 Å². The molecule has 0 unspecified atom stereocenters. The van der Waals surface area contributed by atoms with Crippen molar-refractivity contribution in [2.75, 3.05) is 5.32 Å². The number of allylic oxidation sites excluding steroid dienone is 2. The number of benzene rings is 3. The zero-order chi connectivity index (χ0) is 22.7. The van der Waals surface area contributed by atoms with Crippen molar-refractivity contribution in [2.45, 2.75) is 19.4 Å². The van der Waals surface area contributed by atoms with Crippen molar-refractivity contribution in [3.05, 3.63) is 113 Å². The Morgan fingerprint density at radius 1 is 0.938 bits per heavy atom. The molecule has 1 aliphatic rings. The quantitative estimate of drug-likeness (QED) is 0.616. The van der Waals surface area contributed by atoms with Crippen molar-refractivity contribution in [3.63, 3.8) is 0 Å². The van der Waals surface area contributed by atoms with Gasteiger partial charge < -0.3 is 10.6 Å². The van der Waals surface area contributed by atoms with Gasteiger partial charge in [-0.25, -0.2) is 4.39 Å². The molecule has 0 heterocycles. The van der Waals surface area contributed by atoms with E-state index in [0.29, 0.717) is 5.56 Å². The second-order valence-corrected chi connectivity index (χ2v) is 7.66. The summed E-state index contributed by atoms with van der Waals surface area (Å²) in [5.41, 5.74) is 2.27. The van der Waals surface area contributed by atoms with Gasteiger partial charge in [0.25, 0.3) is 0 Å². The second-order valence-electron chi connectivity index (χ2n) is 7.66. The van der Waals surface area contributed by atoms with Crippen LogP contribution < -0.4 is 10.6 Å². The molecule has 160 valence electrons. The average Bonchev–Trinajstić information content (AvgIpc) is 2.79. The van der Waals surface area contributed by atoms with Gasteiger partial charge in [-0.15, -0.1) is 0 Å². The van der Waals surface area contributed by atoms with Crippen molar-refractivity contribution < 1.29 is 18.8 Å². The number of amides is 1. The van der Waals surface area contributed by atoms with Crippen LogP contribution in [-0.4, -0.2) is 23.5 Å². The molecule has 0 spiro atoms. The largest absolute Gasteiger partial charge is 0.370 e. The number of carbonyl (C=O) groups is 3. The maximum Gasteiger partial charge on any atom is 0.247 e. The van der Waals surface area contributed by atoms with Gasteiger partial charge in [-0.2, -0.15) is 0 Å². The van der Waals surface area contributed by atoms with Crippen molar-refractivity contribution >= 4 is 23.2 Å². The van der Waals surface area contributed by atoms with Crippen molar-refractivity contribution in [1.29, 1.82) is 0 Å². The van der Waals surface area contributed by atoms with Crippen LogP contribution >= 0.6 is 0 Å². The molecule has 0 radical (unpaired) electrons. The molecule has 0 saturated carbocycles. The molecular formula is C26H21FN2O3. The van der Waals surface area contributed by atoms with Gasteiger partial charge in [0, 0.05) is 23.6 Å². The second kappa shape index (κ2) is 8.98. The standard InChI is InChI=1S/C26H21FN2O3/c1-16-11-12-21(20(27)13-16)29-26(32)23(14-17-7-3-2-4-8-17)28-22-15-24(30)18-9-5-6-10-19(18)25(22)31/h2-13,15,23,28H,14H2,1H3,(H,29,32)/t23-/m1/s1. The average molecular weight is 428 g/mol. The van der Waals surface area contributed by atoms with E-state index in [1.807, 2.05) is 30.3 Å². The molecule has 4 rings (SSSR count). The summed E-state index contributed by atoms with van der Waals surface area (Å²) in [6, 6.07) is 19.4. The Bertz CT molecular complexity index is 1230. The minimum absolute atomic E-state index is 0.0363. The molecule has 5 nitrogen and oxygen atoms in total. The maximum atomic E-state index is 14.3. The number of fused-ring (bicyclic) bond motifs is 1. The molecule has 6 heteroatoms. The summed E-state index contributed by atoms with van der Waals surface area (Å²) in [6.45, 7) is 1.75. The Labute approximate surface area is 185 Å². The summed E-state index contributed by atoms with van der Waals surface area (Å²) in [7, 11) is 0. The van der Waals surface area contributed by atoms with E-state index in [2.05, 4.69) is 10.6 Å². The molecule has 3 aromatic carbocycles. The minimum Gasteiger partial charge on any atom is -0.370 e. The number of carbonyl (C=O) groups excluding carboxylic acids is 3. The topological polar surface area (TPSA) is 75.3 Å². The Morgan fingerprint density at radius 3 is 2.34 bits per heavy atom. The summed E-state index contributed by atoms with van der Waals surface area (Å²) in [5, 5.41) is 5.53. The highest BCUT2D eigenvalue weighted by Gasteiger charge is 2.29. The third-order valence-corrected chi connectivity index (χ3v) is 5.27. The fourth-order valence-electron chi connectivity index (χ4n) is 3.61. The molecule has 1 atom stereocenters. The van der Waals surface area contributed by atoms with E-state index in [-0.39, 0.29) is 34.9 Å². The van der Waals surface area contributed by atoms with Gasteiger partial charge in [0.2, 0.25) is 11.7 Å². The van der Waals surface area contributed by atoms with Crippen molar-refractivity contribution in [2.24, 2.45) is 0 Å². The van der Waals surface area contributed by atoms with Crippen molar-refractivity contribution in [1.82, 2.24) is 5.32 Å². The number of anilines is 1. The van der Waals surface area contributed by atoms with Crippen LogP contribution in [0.1, 0.15) is 31.8 Å². The number of Topliss-reactive ketones (excluding diaryl/α,β-unsaturated/α-hetero) is 1. The fraction of sp³-hybridized carbons (Fsp3) is 0.115.